The lowest BCUT2D eigenvalue weighted by atomic mass is 10.00. The van der Waals surface area contributed by atoms with E-state index in [0.29, 0.717) is 12.7 Å². The molecule has 1 fully saturated rings. The summed E-state index contributed by atoms with van der Waals surface area (Å²) in [6.07, 6.45) is 2.27. The summed E-state index contributed by atoms with van der Waals surface area (Å²) in [5, 5.41) is 0. The van der Waals surface area contributed by atoms with Crippen molar-refractivity contribution in [2.24, 2.45) is 0 Å². The van der Waals surface area contributed by atoms with Gasteiger partial charge >= 0.3 is 0 Å². The zero-order valence-corrected chi connectivity index (χ0v) is 14.5. The van der Waals surface area contributed by atoms with Crippen LogP contribution in [0.3, 0.4) is 0 Å². The molecule has 0 amide bonds. The van der Waals surface area contributed by atoms with Gasteiger partial charge in [0.25, 0.3) is 0 Å². The zero-order chi connectivity index (χ0) is 16.2. The Morgan fingerprint density at radius 2 is 2.23 bits per heavy atom. The topological polar surface area (TPSA) is 37.8 Å². The largest absolute Gasteiger partial charge is 0.383 e. The van der Waals surface area contributed by atoms with Gasteiger partial charge in [-0.15, -0.1) is 0 Å². The van der Waals surface area contributed by atoms with Crippen LogP contribution in [-0.2, 0) is 16.0 Å². The molecule has 0 saturated carbocycles. The summed E-state index contributed by atoms with van der Waals surface area (Å²) in [7, 11) is 3.75. The SMILES string of the molecule is COCCN(C)c1ccc(CN2C[C@@H](C)OCC2(C)C)cn1. The number of methoxy groups -OCH3 is 1. The molecule has 1 atom stereocenters. The van der Waals surface area contributed by atoms with E-state index < -0.39 is 0 Å². The van der Waals surface area contributed by atoms with Crippen molar-refractivity contribution in [3.63, 3.8) is 0 Å². The van der Waals surface area contributed by atoms with E-state index in [4.69, 9.17) is 9.47 Å². The van der Waals surface area contributed by atoms with Crippen molar-refractivity contribution in [2.45, 2.75) is 39.0 Å². The fourth-order valence-corrected chi connectivity index (χ4v) is 2.63. The molecule has 124 valence electrons. The highest BCUT2D eigenvalue weighted by atomic mass is 16.5. The molecule has 1 aromatic rings. The number of anilines is 1. The highest BCUT2D eigenvalue weighted by Gasteiger charge is 2.33. The molecule has 0 aliphatic carbocycles. The molecular formula is C17H29N3O2. The van der Waals surface area contributed by atoms with E-state index >= 15 is 0 Å². The van der Waals surface area contributed by atoms with Gasteiger partial charge in [-0.05, 0) is 32.4 Å². The fraction of sp³-hybridized carbons (Fsp3) is 0.706. The van der Waals surface area contributed by atoms with Crippen molar-refractivity contribution in [2.75, 3.05) is 45.4 Å². The second kappa shape index (κ2) is 7.40. The second-order valence-corrected chi connectivity index (χ2v) is 6.75. The van der Waals surface area contributed by atoms with Crippen molar-refractivity contribution < 1.29 is 9.47 Å². The Labute approximate surface area is 134 Å². The summed E-state index contributed by atoms with van der Waals surface area (Å²) in [5.74, 6) is 0.982. The van der Waals surface area contributed by atoms with Crippen LogP contribution < -0.4 is 4.90 Å². The Bertz CT molecular complexity index is 461. The van der Waals surface area contributed by atoms with E-state index in [-0.39, 0.29) is 5.54 Å². The van der Waals surface area contributed by atoms with Crippen molar-refractivity contribution in [1.29, 1.82) is 0 Å². The Morgan fingerprint density at radius 1 is 1.45 bits per heavy atom. The normalized spacial score (nSPS) is 21.8. The quantitative estimate of drug-likeness (QED) is 0.805. The molecule has 0 bridgehead atoms. The van der Waals surface area contributed by atoms with Crippen molar-refractivity contribution in [1.82, 2.24) is 9.88 Å². The maximum atomic E-state index is 5.77. The van der Waals surface area contributed by atoms with Gasteiger partial charge in [-0.1, -0.05) is 6.07 Å². The van der Waals surface area contributed by atoms with Gasteiger partial charge in [0.05, 0.1) is 19.3 Å². The smallest absolute Gasteiger partial charge is 0.128 e. The number of morpholine rings is 1. The van der Waals surface area contributed by atoms with Crippen molar-refractivity contribution in [3.05, 3.63) is 23.9 Å². The molecule has 1 aliphatic heterocycles. The molecule has 5 nitrogen and oxygen atoms in total. The first-order valence-electron chi connectivity index (χ1n) is 7.94. The molecule has 0 spiro atoms. The summed E-state index contributed by atoms with van der Waals surface area (Å²) in [5.41, 5.74) is 1.31. The molecule has 2 heterocycles. The first kappa shape index (κ1) is 17.2. The van der Waals surface area contributed by atoms with Gasteiger partial charge in [-0.3, -0.25) is 4.90 Å². The lowest BCUT2D eigenvalue weighted by Crippen LogP contribution is -2.54. The van der Waals surface area contributed by atoms with E-state index in [1.807, 2.05) is 13.2 Å². The van der Waals surface area contributed by atoms with Crippen LogP contribution in [0, 0.1) is 0 Å². The van der Waals surface area contributed by atoms with E-state index in [2.05, 4.69) is 47.7 Å². The highest BCUT2D eigenvalue weighted by molar-refractivity contribution is 5.38. The minimum absolute atomic E-state index is 0.0699. The average molecular weight is 307 g/mol. The molecule has 0 unspecified atom stereocenters. The Morgan fingerprint density at radius 3 is 2.86 bits per heavy atom. The van der Waals surface area contributed by atoms with Crippen molar-refractivity contribution >= 4 is 5.82 Å². The molecule has 0 aromatic carbocycles. The molecule has 0 radical (unpaired) electrons. The standard InChI is InChI=1S/C17H29N3O2/c1-14-11-20(17(2,3)13-22-14)12-15-6-7-16(18-10-15)19(4)8-9-21-5/h6-7,10,14H,8-9,11-13H2,1-5H3/t14-/m1/s1. The van der Waals surface area contributed by atoms with Gasteiger partial charge < -0.3 is 14.4 Å². The molecule has 1 saturated heterocycles. The minimum Gasteiger partial charge on any atom is -0.383 e. The second-order valence-electron chi connectivity index (χ2n) is 6.75. The van der Waals surface area contributed by atoms with Crippen LogP contribution in [0.15, 0.2) is 18.3 Å². The van der Waals surface area contributed by atoms with Gasteiger partial charge in [-0.2, -0.15) is 0 Å². The number of nitrogens with zero attached hydrogens (tertiary/aromatic N) is 3. The summed E-state index contributed by atoms with van der Waals surface area (Å²) in [6.45, 7) is 10.8. The summed E-state index contributed by atoms with van der Waals surface area (Å²) >= 11 is 0. The maximum absolute atomic E-state index is 5.77. The summed E-state index contributed by atoms with van der Waals surface area (Å²) in [6, 6.07) is 4.25. The summed E-state index contributed by atoms with van der Waals surface area (Å²) < 4.78 is 10.9. The number of likely N-dealkylation sites (N-methyl/N-ethyl adjacent to an activating group) is 1. The predicted molar refractivity (Wildman–Crippen MR) is 89.3 cm³/mol. The lowest BCUT2D eigenvalue weighted by Gasteiger charge is -2.44. The van der Waals surface area contributed by atoms with Crippen LogP contribution in [0.2, 0.25) is 0 Å². The third-order valence-electron chi connectivity index (χ3n) is 4.26. The van der Waals surface area contributed by atoms with E-state index in [1.54, 1.807) is 7.11 Å². The Kier molecular flexibility index (Phi) is 5.78. The lowest BCUT2D eigenvalue weighted by molar-refractivity contribution is -0.0949. The van der Waals surface area contributed by atoms with Crippen LogP contribution in [0.1, 0.15) is 26.3 Å². The Balaban J connectivity index is 1.98. The first-order chi connectivity index (χ1) is 10.4. The van der Waals surface area contributed by atoms with E-state index in [9.17, 15) is 0 Å². The molecular weight excluding hydrogens is 278 g/mol. The minimum atomic E-state index is 0.0699. The highest BCUT2D eigenvalue weighted by Crippen LogP contribution is 2.24. The molecule has 22 heavy (non-hydrogen) atoms. The monoisotopic (exact) mass is 307 g/mol. The van der Waals surface area contributed by atoms with Crippen LogP contribution in [0.4, 0.5) is 5.82 Å². The van der Waals surface area contributed by atoms with Gasteiger partial charge in [0.15, 0.2) is 0 Å². The molecule has 2 rings (SSSR count). The molecule has 5 heteroatoms. The predicted octanol–water partition coefficient (Wildman–Crippen LogP) is 2.16. The van der Waals surface area contributed by atoms with Gasteiger partial charge in [0.2, 0.25) is 0 Å². The average Bonchev–Trinajstić information content (AvgIpc) is 2.49. The van der Waals surface area contributed by atoms with Crippen LogP contribution in [0.25, 0.3) is 0 Å². The van der Waals surface area contributed by atoms with Crippen molar-refractivity contribution in [3.8, 4) is 0 Å². The zero-order valence-electron chi connectivity index (χ0n) is 14.5. The van der Waals surface area contributed by atoms with Crippen LogP contribution >= 0.6 is 0 Å². The molecule has 1 aliphatic rings. The molecule has 0 N–H and O–H groups in total. The summed E-state index contributed by atoms with van der Waals surface area (Å²) in [4.78, 5) is 9.16. The number of aromatic nitrogens is 1. The number of hydrogen-bond acceptors (Lipinski definition) is 5. The van der Waals surface area contributed by atoms with Gasteiger partial charge in [0, 0.05) is 45.5 Å². The fourth-order valence-electron chi connectivity index (χ4n) is 2.63. The molecule has 1 aromatic heterocycles. The van der Waals surface area contributed by atoms with Gasteiger partial charge in [-0.25, -0.2) is 4.98 Å². The number of hydrogen-bond donors (Lipinski definition) is 0. The maximum Gasteiger partial charge on any atom is 0.128 e. The Hall–Kier alpha value is -1.17. The van der Waals surface area contributed by atoms with Gasteiger partial charge in [0.1, 0.15) is 5.82 Å². The third-order valence-corrected chi connectivity index (χ3v) is 4.26. The van der Waals surface area contributed by atoms with Crippen LogP contribution in [0.5, 0.6) is 0 Å². The first-order valence-corrected chi connectivity index (χ1v) is 7.94. The van der Waals surface area contributed by atoms with E-state index in [0.717, 1.165) is 32.1 Å². The van der Waals surface area contributed by atoms with Crippen LogP contribution in [-0.4, -0.2) is 62.0 Å². The number of ether oxygens (including phenoxy) is 2. The number of pyridine rings is 1. The third kappa shape index (κ3) is 4.41. The number of rotatable bonds is 6. The van der Waals surface area contributed by atoms with E-state index in [1.165, 1.54) is 5.56 Å².